The van der Waals surface area contributed by atoms with Gasteiger partial charge in [-0.2, -0.15) is 0 Å². The Hall–Kier alpha value is -3.71. The molecule has 3 aromatic carbocycles. The number of aryl methyl sites for hydroxylation is 1. The molecule has 0 saturated heterocycles. The van der Waals surface area contributed by atoms with E-state index in [9.17, 15) is 14.4 Å². The van der Waals surface area contributed by atoms with E-state index in [0.717, 1.165) is 32.9 Å². The molecule has 0 unspecified atom stereocenters. The Morgan fingerprint density at radius 3 is 2.34 bits per heavy atom. The summed E-state index contributed by atoms with van der Waals surface area (Å²) in [6, 6.07) is 20.8. The number of fused-ring (bicyclic) bond motifs is 1. The first kappa shape index (κ1) is 24.4. The number of halogens is 1. The van der Waals surface area contributed by atoms with Crippen LogP contribution in [0.1, 0.15) is 38.8 Å². The summed E-state index contributed by atoms with van der Waals surface area (Å²) in [4.78, 5) is 41.7. The fourth-order valence-electron chi connectivity index (χ4n) is 3.80. The molecule has 0 aliphatic rings. The summed E-state index contributed by atoms with van der Waals surface area (Å²) in [5, 5.41) is 3.76. The number of hydrogen-bond donors (Lipinski definition) is 2. The number of carbonyl (C=O) groups excluding carboxylic acids is 3. The van der Waals surface area contributed by atoms with Gasteiger partial charge in [0, 0.05) is 39.1 Å². The SMILES string of the molecule is CCc1ccc(C(=O)N[C@H](Cc2c[nH]c3ccccc23)C(=O)OCC(=O)c2ccc(Br)cc2)cc1. The van der Waals surface area contributed by atoms with Crippen molar-refractivity contribution in [1.29, 1.82) is 0 Å². The number of esters is 1. The first-order chi connectivity index (χ1) is 16.9. The molecule has 4 aromatic rings. The van der Waals surface area contributed by atoms with E-state index in [2.05, 4.69) is 26.2 Å². The van der Waals surface area contributed by atoms with E-state index in [4.69, 9.17) is 4.74 Å². The Labute approximate surface area is 211 Å². The Balaban J connectivity index is 1.51. The number of aromatic nitrogens is 1. The van der Waals surface area contributed by atoms with Gasteiger partial charge in [-0.1, -0.05) is 65.3 Å². The van der Waals surface area contributed by atoms with Gasteiger partial charge in [-0.3, -0.25) is 9.59 Å². The molecule has 7 heteroatoms. The second kappa shape index (κ2) is 11.1. The van der Waals surface area contributed by atoms with E-state index >= 15 is 0 Å². The molecule has 1 heterocycles. The van der Waals surface area contributed by atoms with Gasteiger partial charge in [0.1, 0.15) is 6.04 Å². The average molecular weight is 533 g/mol. The summed E-state index contributed by atoms with van der Waals surface area (Å²) < 4.78 is 6.21. The first-order valence-electron chi connectivity index (χ1n) is 11.3. The molecular weight excluding hydrogens is 508 g/mol. The number of amides is 1. The predicted octanol–water partition coefficient (Wildman–Crippen LogP) is 5.26. The Morgan fingerprint density at radius 1 is 0.943 bits per heavy atom. The third-order valence-electron chi connectivity index (χ3n) is 5.82. The molecule has 6 nitrogen and oxygen atoms in total. The maximum absolute atomic E-state index is 13.1. The minimum Gasteiger partial charge on any atom is -0.456 e. The van der Waals surface area contributed by atoms with Crippen LogP contribution in [0.25, 0.3) is 10.9 Å². The molecule has 0 aliphatic carbocycles. The molecule has 1 amide bonds. The molecule has 35 heavy (non-hydrogen) atoms. The third-order valence-corrected chi connectivity index (χ3v) is 6.35. The molecule has 0 aliphatic heterocycles. The van der Waals surface area contributed by atoms with Crippen molar-refractivity contribution in [2.75, 3.05) is 6.61 Å². The number of aromatic amines is 1. The van der Waals surface area contributed by atoms with Crippen LogP contribution in [-0.2, 0) is 22.4 Å². The molecular formula is C28H25BrN2O4. The number of para-hydroxylation sites is 1. The first-order valence-corrected chi connectivity index (χ1v) is 12.1. The highest BCUT2D eigenvalue weighted by molar-refractivity contribution is 9.10. The van der Waals surface area contributed by atoms with E-state index in [1.54, 1.807) is 36.4 Å². The number of carbonyl (C=O) groups is 3. The van der Waals surface area contributed by atoms with E-state index in [-0.39, 0.29) is 18.1 Å². The van der Waals surface area contributed by atoms with Crippen LogP contribution < -0.4 is 5.32 Å². The number of hydrogen-bond acceptors (Lipinski definition) is 4. The minimum atomic E-state index is -0.967. The molecule has 1 atom stereocenters. The monoisotopic (exact) mass is 532 g/mol. The molecule has 0 bridgehead atoms. The van der Waals surface area contributed by atoms with Crippen molar-refractivity contribution in [3.05, 3.63) is 106 Å². The van der Waals surface area contributed by atoms with Crippen LogP contribution >= 0.6 is 15.9 Å². The zero-order chi connectivity index (χ0) is 24.8. The number of benzene rings is 3. The smallest absolute Gasteiger partial charge is 0.329 e. The van der Waals surface area contributed by atoms with E-state index in [1.165, 1.54) is 0 Å². The summed E-state index contributed by atoms with van der Waals surface area (Å²) >= 11 is 3.33. The number of rotatable bonds is 9. The summed E-state index contributed by atoms with van der Waals surface area (Å²) in [6.45, 7) is 1.63. The zero-order valence-electron chi connectivity index (χ0n) is 19.2. The quantitative estimate of drug-likeness (QED) is 0.227. The van der Waals surface area contributed by atoms with Crippen LogP contribution in [0.2, 0.25) is 0 Å². The van der Waals surface area contributed by atoms with Gasteiger partial charge in [-0.05, 0) is 47.9 Å². The number of Topliss-reactive ketones (excluding diaryl/α,β-unsaturated/α-hetero) is 1. The van der Waals surface area contributed by atoms with E-state index in [1.807, 2.05) is 49.5 Å². The topological polar surface area (TPSA) is 88.3 Å². The highest BCUT2D eigenvalue weighted by atomic mass is 79.9. The zero-order valence-corrected chi connectivity index (χ0v) is 20.8. The molecule has 2 N–H and O–H groups in total. The number of ketones is 1. The molecule has 4 rings (SSSR count). The standard InChI is InChI=1S/C28H25BrN2O4/c1-2-18-7-9-20(10-8-18)27(33)31-25(15-21-16-30-24-6-4-3-5-23(21)24)28(34)35-17-26(32)19-11-13-22(29)14-12-19/h3-14,16,25,30H,2,15,17H2,1H3,(H,31,33)/t25-/m1/s1. The van der Waals surface area contributed by atoms with Crippen molar-refractivity contribution in [3.63, 3.8) is 0 Å². The van der Waals surface area contributed by atoms with E-state index in [0.29, 0.717) is 11.1 Å². The van der Waals surface area contributed by atoms with Crippen molar-refractivity contribution in [2.45, 2.75) is 25.8 Å². The lowest BCUT2D eigenvalue weighted by Gasteiger charge is -2.18. The van der Waals surface area contributed by atoms with Crippen molar-refractivity contribution < 1.29 is 19.1 Å². The van der Waals surface area contributed by atoms with Crippen LogP contribution in [0.15, 0.2) is 83.5 Å². The van der Waals surface area contributed by atoms with Crippen LogP contribution in [-0.4, -0.2) is 35.3 Å². The highest BCUT2D eigenvalue weighted by Crippen LogP contribution is 2.20. The van der Waals surface area contributed by atoms with Gasteiger partial charge in [0.2, 0.25) is 0 Å². The van der Waals surface area contributed by atoms with Crippen molar-refractivity contribution in [3.8, 4) is 0 Å². The fraction of sp³-hybridized carbons (Fsp3) is 0.179. The Kier molecular flexibility index (Phi) is 7.77. The maximum atomic E-state index is 13.1. The van der Waals surface area contributed by atoms with E-state index < -0.39 is 18.6 Å². The van der Waals surface area contributed by atoms with Crippen LogP contribution in [0.5, 0.6) is 0 Å². The van der Waals surface area contributed by atoms with Crippen molar-refractivity contribution >= 4 is 44.5 Å². The Bertz CT molecular complexity index is 1340. The molecule has 0 radical (unpaired) electrons. The summed E-state index contributed by atoms with van der Waals surface area (Å²) in [7, 11) is 0. The number of H-pyrrole nitrogens is 1. The average Bonchev–Trinajstić information content (AvgIpc) is 3.30. The normalized spacial score (nSPS) is 11.7. The number of nitrogens with one attached hydrogen (secondary N) is 2. The van der Waals surface area contributed by atoms with Gasteiger partial charge in [-0.15, -0.1) is 0 Å². The lowest BCUT2D eigenvalue weighted by Crippen LogP contribution is -2.43. The van der Waals surface area contributed by atoms with Crippen LogP contribution in [0, 0.1) is 0 Å². The van der Waals surface area contributed by atoms with Gasteiger partial charge in [0.05, 0.1) is 0 Å². The fourth-order valence-corrected chi connectivity index (χ4v) is 4.07. The highest BCUT2D eigenvalue weighted by Gasteiger charge is 2.25. The van der Waals surface area contributed by atoms with Gasteiger partial charge >= 0.3 is 5.97 Å². The van der Waals surface area contributed by atoms with Crippen LogP contribution in [0.3, 0.4) is 0 Å². The second-order valence-corrected chi connectivity index (χ2v) is 9.09. The molecule has 178 valence electrons. The lowest BCUT2D eigenvalue weighted by atomic mass is 10.0. The lowest BCUT2D eigenvalue weighted by molar-refractivity contribution is -0.144. The third kappa shape index (κ3) is 6.05. The summed E-state index contributed by atoms with van der Waals surface area (Å²) in [6.07, 6.45) is 2.90. The second-order valence-electron chi connectivity index (χ2n) is 8.18. The van der Waals surface area contributed by atoms with Crippen molar-refractivity contribution in [2.24, 2.45) is 0 Å². The molecule has 0 fully saturated rings. The van der Waals surface area contributed by atoms with Gasteiger partial charge in [0.25, 0.3) is 5.91 Å². The molecule has 0 spiro atoms. The maximum Gasteiger partial charge on any atom is 0.329 e. The minimum absolute atomic E-state index is 0.216. The summed E-state index contributed by atoms with van der Waals surface area (Å²) in [5.74, 6) is -1.37. The number of ether oxygens (including phenoxy) is 1. The largest absolute Gasteiger partial charge is 0.456 e. The van der Waals surface area contributed by atoms with Gasteiger partial charge in [0.15, 0.2) is 12.4 Å². The summed E-state index contributed by atoms with van der Waals surface area (Å²) in [5.41, 5.74) is 3.80. The Morgan fingerprint density at radius 2 is 1.63 bits per heavy atom. The van der Waals surface area contributed by atoms with Crippen molar-refractivity contribution in [1.82, 2.24) is 10.3 Å². The predicted molar refractivity (Wildman–Crippen MR) is 139 cm³/mol. The van der Waals surface area contributed by atoms with Gasteiger partial charge in [-0.25, -0.2) is 4.79 Å². The van der Waals surface area contributed by atoms with Gasteiger partial charge < -0.3 is 15.0 Å². The van der Waals surface area contributed by atoms with Crippen LogP contribution in [0.4, 0.5) is 0 Å². The molecule has 1 aromatic heterocycles. The molecule has 0 saturated carbocycles.